The molecule has 0 saturated heterocycles. The Labute approximate surface area is 482 Å². The fourth-order valence-corrected chi connectivity index (χ4v) is 9.69. The Balaban J connectivity index is 0.00000850. The second-order valence-electron chi connectivity index (χ2n) is 19.1. The Hall–Kier alpha value is -8.18. The fourth-order valence-electron chi connectivity index (χ4n) is 9.69. The van der Waals surface area contributed by atoms with Crippen molar-refractivity contribution < 1.29 is 51.1 Å². The first-order chi connectivity index (χ1) is 42.9. The van der Waals surface area contributed by atoms with Crippen molar-refractivity contribution in [3.05, 3.63) is 248 Å². The molecule has 2 aromatic heterocycles. The average Bonchev–Trinajstić information content (AvgIpc) is 1.74. The Kier molecular flexibility index (Phi) is 9.81. The van der Waals surface area contributed by atoms with Crippen LogP contribution in [-0.2, 0) is 21.1 Å². The van der Waals surface area contributed by atoms with Gasteiger partial charge in [0.1, 0.15) is 17.3 Å². The van der Waals surface area contributed by atoms with E-state index in [-0.39, 0.29) is 90.0 Å². The predicted octanol–water partition coefficient (Wildman–Crippen LogP) is 19.1. The maximum atomic E-state index is 9.10. The summed E-state index contributed by atoms with van der Waals surface area (Å²) >= 11 is 0. The molecule has 0 atom stereocenters. The molecular weight excluding hydrogens is 1110 g/mol. The largest absolute Gasteiger partial charge is 0.509 e. The van der Waals surface area contributed by atoms with E-state index in [0.29, 0.717) is 61.9 Å². The van der Waals surface area contributed by atoms with E-state index < -0.39 is 78.6 Å². The number of benzene rings is 9. The molecular formula is C69H57N4O2Pt-3. The number of anilines is 4. The molecule has 0 radical (unpaired) electrons. The summed E-state index contributed by atoms with van der Waals surface area (Å²) in [7, 11) is 0. The van der Waals surface area contributed by atoms with Crippen molar-refractivity contribution in [2.75, 3.05) is 9.80 Å². The number of para-hydroxylation sites is 3. The minimum atomic E-state index is -0.597. The number of rotatable bonds is 13. The number of hydrogen-bond donors (Lipinski definition) is 0. The van der Waals surface area contributed by atoms with E-state index in [2.05, 4.69) is 65.8 Å². The molecule has 0 unspecified atom stereocenters. The topological polar surface area (TPSA) is 42.8 Å². The second kappa shape index (κ2) is 21.2. The molecule has 3 heterocycles. The summed E-state index contributed by atoms with van der Waals surface area (Å²) in [6, 6.07) is 33.7. The maximum Gasteiger partial charge on any atom is 0.139 e. The van der Waals surface area contributed by atoms with Gasteiger partial charge in [0, 0.05) is 78.5 Å². The van der Waals surface area contributed by atoms with Gasteiger partial charge in [0.05, 0.1) is 20.6 Å². The van der Waals surface area contributed by atoms with Crippen molar-refractivity contribution in [1.29, 1.82) is 0 Å². The Morgan fingerprint density at radius 3 is 1.76 bits per heavy atom. The summed E-state index contributed by atoms with van der Waals surface area (Å²) in [6.07, 6.45) is 1.68. The molecule has 0 fully saturated rings. The number of hydrogen-bond acceptors (Lipinski definition) is 5. The van der Waals surface area contributed by atoms with Gasteiger partial charge in [-0.3, -0.25) is 0 Å². The van der Waals surface area contributed by atoms with Crippen molar-refractivity contribution in [2.45, 2.75) is 59.3 Å². The molecule has 11 aromatic rings. The number of fused-ring (bicyclic) bond motifs is 4. The normalized spacial score (nSPS) is 15.0. The molecule has 0 aliphatic carbocycles. The van der Waals surface area contributed by atoms with Crippen LogP contribution in [0.15, 0.2) is 212 Å². The number of aromatic nitrogens is 2. The van der Waals surface area contributed by atoms with Gasteiger partial charge in [-0.05, 0) is 86.3 Å². The van der Waals surface area contributed by atoms with Crippen molar-refractivity contribution in [3.8, 4) is 62.2 Å². The van der Waals surface area contributed by atoms with Crippen LogP contribution in [-0.4, -0.2) is 9.55 Å². The molecule has 0 bridgehead atoms. The first-order valence-electron chi connectivity index (χ1n) is 32.3. The minimum absolute atomic E-state index is 0. The second-order valence-corrected chi connectivity index (χ2v) is 19.1. The van der Waals surface area contributed by atoms with Crippen LogP contribution in [0.2, 0.25) is 0 Å². The van der Waals surface area contributed by atoms with Crippen LogP contribution in [0, 0.1) is 18.8 Å². The van der Waals surface area contributed by atoms with E-state index in [9.17, 15) is 0 Å². The predicted molar refractivity (Wildman–Crippen MR) is 309 cm³/mol. The molecule has 7 heteroatoms. The molecule has 9 aromatic carbocycles. The summed E-state index contributed by atoms with van der Waals surface area (Å²) in [5.74, 6) is 2.92. The first kappa shape index (κ1) is 35.1. The average molecular weight is 1180 g/mol. The zero-order valence-electron chi connectivity index (χ0n) is 57.3. The van der Waals surface area contributed by atoms with E-state index in [4.69, 9.17) is 35.0 Å². The summed E-state index contributed by atoms with van der Waals surface area (Å²) in [4.78, 5) is 8.41. The quantitative estimate of drug-likeness (QED) is 0.108. The van der Waals surface area contributed by atoms with Crippen molar-refractivity contribution in [2.24, 2.45) is 0 Å². The van der Waals surface area contributed by atoms with E-state index >= 15 is 0 Å². The van der Waals surface area contributed by atoms with Crippen LogP contribution in [0.1, 0.15) is 96.5 Å². The van der Waals surface area contributed by atoms with Gasteiger partial charge in [-0.25, -0.2) is 4.98 Å². The van der Waals surface area contributed by atoms with Gasteiger partial charge < -0.3 is 23.8 Å². The molecule has 1 aliphatic rings. The van der Waals surface area contributed by atoms with Gasteiger partial charge in [0.25, 0.3) is 0 Å². The monoisotopic (exact) mass is 1180 g/mol. The smallest absolute Gasteiger partial charge is 0.139 e. The molecule has 0 N–H and O–H groups in total. The molecule has 1 aliphatic heterocycles. The van der Waals surface area contributed by atoms with Crippen molar-refractivity contribution in [3.63, 3.8) is 0 Å². The summed E-state index contributed by atoms with van der Waals surface area (Å²) in [5, 5.41) is 1.35. The van der Waals surface area contributed by atoms with Crippen molar-refractivity contribution >= 4 is 44.6 Å². The van der Waals surface area contributed by atoms with Crippen LogP contribution >= 0.6 is 0 Å². The van der Waals surface area contributed by atoms with Gasteiger partial charge in [-0.15, -0.1) is 48.1 Å². The fraction of sp³-hybridized carbons (Fsp3) is 0.130. The zero-order valence-corrected chi connectivity index (χ0v) is 44.6. The Morgan fingerprint density at radius 2 is 1.13 bits per heavy atom. The molecule has 6 nitrogen and oxygen atoms in total. The first-order valence-corrected chi connectivity index (χ1v) is 24.8. The van der Waals surface area contributed by atoms with Crippen LogP contribution in [0.5, 0.6) is 23.0 Å². The molecule has 0 spiro atoms. The van der Waals surface area contributed by atoms with E-state index in [0.717, 1.165) is 16.9 Å². The molecule has 0 amide bonds. The maximum absolute atomic E-state index is 9.10. The van der Waals surface area contributed by atoms with Gasteiger partial charge in [-0.2, -0.15) is 12.1 Å². The van der Waals surface area contributed by atoms with E-state index in [1.165, 1.54) is 5.56 Å². The summed E-state index contributed by atoms with van der Waals surface area (Å²) in [5.41, 5.74) is 6.73. The van der Waals surface area contributed by atoms with E-state index in [1.807, 2.05) is 41.0 Å². The van der Waals surface area contributed by atoms with Gasteiger partial charge in [0.2, 0.25) is 0 Å². The third-order valence-corrected chi connectivity index (χ3v) is 13.4. The standard InChI is InChI=1S/C69H57N4O2.Pt/c1-45(2)52-39-60(46(3)4)69(61(40-52)47(5)6)75-56-36-37-70-67(43-56)73-63-35-32-51(48-20-10-7-11-21-48)38-62(63)59-34-33-55(42-66(59)73)74-54-27-18-26-53(41-54)71-44-72(65-31-17-16-30-64(65)71)68-57(49-22-12-8-13-23-49)28-19-29-58(68)50-24-14-9-15-25-50;/h7-40,43-47H,1-6H3;/q-3;/i7D,8D,9D,10D,11D,12D,13D,14D,15D,20D,21D,22D,23D,24D,25D;. The molecule has 0 saturated carbocycles. The van der Waals surface area contributed by atoms with Crippen LogP contribution in [0.25, 0.3) is 61.0 Å². The van der Waals surface area contributed by atoms with Gasteiger partial charge in [-0.1, -0.05) is 192 Å². The van der Waals surface area contributed by atoms with Gasteiger partial charge in [0.15, 0.2) is 0 Å². The minimum Gasteiger partial charge on any atom is -0.509 e. The Morgan fingerprint density at radius 1 is 0.526 bits per heavy atom. The third-order valence-electron chi connectivity index (χ3n) is 13.4. The molecule has 12 rings (SSSR count). The van der Waals surface area contributed by atoms with Crippen LogP contribution < -0.4 is 19.3 Å². The third kappa shape index (κ3) is 9.48. The van der Waals surface area contributed by atoms with Crippen molar-refractivity contribution in [1.82, 2.24) is 9.55 Å². The molecule has 378 valence electrons. The zero-order chi connectivity index (χ0) is 64.2. The van der Waals surface area contributed by atoms with E-state index in [1.54, 1.807) is 89.4 Å². The number of ether oxygens (including phenoxy) is 2. The van der Waals surface area contributed by atoms with Crippen LogP contribution in [0.3, 0.4) is 0 Å². The van der Waals surface area contributed by atoms with Crippen LogP contribution in [0.4, 0.5) is 22.7 Å². The number of pyridine rings is 1. The van der Waals surface area contributed by atoms with Gasteiger partial charge >= 0.3 is 0 Å². The summed E-state index contributed by atoms with van der Waals surface area (Å²) in [6.45, 7) is 14.7. The number of nitrogens with zero attached hydrogens (tertiary/aromatic N) is 4. The molecule has 76 heavy (non-hydrogen) atoms. The Bertz CT molecular complexity index is 4600. The SMILES string of the molecule is [2H]c1c([2H])c([2H])c(-c2ccc3c(c2)c2ccc(Oc4[c-]c(N5[CH-]N(c6c(-c7c([2H])c([2H])c([2H])c([2H])c7[2H])cccc6-c6c([2H])c([2H])c([2H])c([2H])c6[2H])c6ccccc65)ccc4)[c-]c2n3-c2cc(Oc3c(C(C)C)cc(C(C)C)cc3C(C)C)ccn2)c([2H])c1[2H].[Pt]. The summed E-state index contributed by atoms with van der Waals surface area (Å²) < 4.78 is 146.